The van der Waals surface area contributed by atoms with Crippen molar-refractivity contribution in [2.24, 2.45) is 5.92 Å². The molecular weight excluding hydrogens is 272 g/mol. The smallest absolute Gasteiger partial charge is 0.319 e. The summed E-state index contributed by atoms with van der Waals surface area (Å²) in [5.41, 5.74) is 1.14. The van der Waals surface area contributed by atoms with E-state index in [1.54, 1.807) is 36.4 Å². The molecule has 1 aliphatic carbocycles. The summed E-state index contributed by atoms with van der Waals surface area (Å²) in [5, 5.41) is 14.2. The van der Waals surface area contributed by atoms with Gasteiger partial charge in [0.15, 0.2) is 5.78 Å². The summed E-state index contributed by atoms with van der Waals surface area (Å²) in [6, 6.07) is 5.84. The van der Waals surface area contributed by atoms with E-state index in [-0.39, 0.29) is 11.8 Å². The van der Waals surface area contributed by atoms with E-state index < -0.39 is 17.9 Å². The van der Waals surface area contributed by atoms with E-state index in [0.29, 0.717) is 17.7 Å². The molecule has 0 aliphatic heterocycles. The van der Waals surface area contributed by atoms with Crippen LogP contribution in [0, 0.1) is 5.92 Å². The second kappa shape index (κ2) is 6.21. The summed E-state index contributed by atoms with van der Waals surface area (Å²) in [5.74, 6) is -1.48. The number of carbonyl (C=O) groups is 3. The molecule has 2 rings (SSSR count). The van der Waals surface area contributed by atoms with Gasteiger partial charge in [-0.25, -0.2) is 4.79 Å². The molecular formula is C15H16N2O4. The largest absolute Gasteiger partial charge is 0.481 e. The lowest BCUT2D eigenvalue weighted by Gasteiger charge is -2.13. The highest BCUT2D eigenvalue weighted by molar-refractivity contribution is 5.95. The average Bonchev–Trinajstić information content (AvgIpc) is 2.87. The Kier molecular flexibility index (Phi) is 4.37. The van der Waals surface area contributed by atoms with Crippen LogP contribution in [0.2, 0.25) is 0 Å². The number of rotatable bonds is 4. The zero-order chi connectivity index (χ0) is 15.4. The van der Waals surface area contributed by atoms with Gasteiger partial charge in [0, 0.05) is 11.3 Å². The van der Waals surface area contributed by atoms with Gasteiger partial charge in [-0.15, -0.1) is 0 Å². The number of benzene rings is 1. The van der Waals surface area contributed by atoms with E-state index >= 15 is 0 Å². The van der Waals surface area contributed by atoms with Gasteiger partial charge < -0.3 is 15.7 Å². The van der Waals surface area contributed by atoms with Gasteiger partial charge in [-0.3, -0.25) is 9.59 Å². The molecule has 2 unspecified atom stereocenters. The third-order valence-corrected chi connectivity index (χ3v) is 3.27. The van der Waals surface area contributed by atoms with Crippen molar-refractivity contribution >= 4 is 23.5 Å². The van der Waals surface area contributed by atoms with E-state index in [4.69, 9.17) is 5.11 Å². The van der Waals surface area contributed by atoms with Gasteiger partial charge in [-0.1, -0.05) is 12.2 Å². The Morgan fingerprint density at radius 3 is 2.33 bits per heavy atom. The predicted octanol–water partition coefficient (Wildman–Crippen LogP) is 2.04. The van der Waals surface area contributed by atoms with Crippen LogP contribution in [0.25, 0.3) is 0 Å². The highest BCUT2D eigenvalue weighted by atomic mass is 16.4. The highest BCUT2D eigenvalue weighted by Gasteiger charge is 2.25. The van der Waals surface area contributed by atoms with Gasteiger partial charge in [0.1, 0.15) is 0 Å². The van der Waals surface area contributed by atoms with Crippen LogP contribution in [0.3, 0.4) is 0 Å². The molecule has 3 N–H and O–H groups in total. The third-order valence-electron chi connectivity index (χ3n) is 3.27. The van der Waals surface area contributed by atoms with Gasteiger partial charge in [0.25, 0.3) is 0 Å². The number of nitrogens with one attached hydrogen (secondary N) is 2. The lowest BCUT2D eigenvalue weighted by atomic mass is 10.1. The summed E-state index contributed by atoms with van der Waals surface area (Å²) in [4.78, 5) is 33.7. The first-order valence-corrected chi connectivity index (χ1v) is 6.55. The van der Waals surface area contributed by atoms with Crippen molar-refractivity contribution < 1.29 is 19.5 Å². The summed E-state index contributed by atoms with van der Waals surface area (Å²) in [6.07, 6.45) is 3.61. The average molecular weight is 288 g/mol. The molecule has 2 amide bonds. The minimum Gasteiger partial charge on any atom is -0.481 e. The molecule has 0 aromatic heterocycles. The molecule has 1 aromatic rings. The fourth-order valence-electron chi connectivity index (χ4n) is 2.11. The van der Waals surface area contributed by atoms with Crippen LogP contribution in [0.5, 0.6) is 0 Å². The number of hydrogen-bond donors (Lipinski definition) is 3. The summed E-state index contributed by atoms with van der Waals surface area (Å²) in [6.45, 7) is 1.47. The first-order valence-electron chi connectivity index (χ1n) is 6.55. The molecule has 0 saturated carbocycles. The Balaban J connectivity index is 1.86. The second-order valence-corrected chi connectivity index (χ2v) is 4.90. The van der Waals surface area contributed by atoms with Crippen LogP contribution in [-0.4, -0.2) is 28.9 Å². The Labute approximate surface area is 121 Å². The van der Waals surface area contributed by atoms with Crippen molar-refractivity contribution in [3.63, 3.8) is 0 Å². The number of carboxylic acid groups (broad SMARTS) is 1. The van der Waals surface area contributed by atoms with Crippen LogP contribution in [-0.2, 0) is 4.79 Å². The SMILES string of the molecule is CC(=O)c1ccc(NC(=O)NC2C=CC(C(=O)O)C2)cc1. The lowest BCUT2D eigenvalue weighted by molar-refractivity contribution is -0.140. The monoisotopic (exact) mass is 288 g/mol. The van der Waals surface area contributed by atoms with Crippen molar-refractivity contribution in [1.82, 2.24) is 5.32 Å². The van der Waals surface area contributed by atoms with Gasteiger partial charge in [0.2, 0.25) is 0 Å². The number of aliphatic carboxylic acids is 1. The molecule has 6 nitrogen and oxygen atoms in total. The molecule has 110 valence electrons. The lowest BCUT2D eigenvalue weighted by Crippen LogP contribution is -2.36. The molecule has 0 radical (unpaired) electrons. The normalized spacial score (nSPS) is 20.0. The molecule has 6 heteroatoms. The number of amides is 2. The van der Waals surface area contributed by atoms with E-state index in [1.807, 2.05) is 0 Å². The standard InChI is InChI=1S/C15H16N2O4/c1-9(18)10-2-5-12(6-3-10)16-15(21)17-13-7-4-11(8-13)14(19)20/h2-7,11,13H,8H2,1H3,(H,19,20)(H2,16,17,21). The predicted molar refractivity (Wildman–Crippen MR) is 77.3 cm³/mol. The number of urea groups is 1. The number of carbonyl (C=O) groups excluding carboxylic acids is 2. The number of carboxylic acids is 1. The molecule has 0 saturated heterocycles. The van der Waals surface area contributed by atoms with Gasteiger partial charge >= 0.3 is 12.0 Å². The van der Waals surface area contributed by atoms with Crippen LogP contribution in [0.1, 0.15) is 23.7 Å². The van der Waals surface area contributed by atoms with Crippen LogP contribution in [0.4, 0.5) is 10.5 Å². The first-order chi connectivity index (χ1) is 9.95. The maximum Gasteiger partial charge on any atom is 0.319 e. The van der Waals surface area contributed by atoms with E-state index in [2.05, 4.69) is 10.6 Å². The van der Waals surface area contributed by atoms with Gasteiger partial charge in [-0.05, 0) is 37.6 Å². The topological polar surface area (TPSA) is 95.5 Å². The van der Waals surface area contributed by atoms with Crippen molar-refractivity contribution in [3.8, 4) is 0 Å². The summed E-state index contributed by atoms with van der Waals surface area (Å²) >= 11 is 0. The number of Topliss-reactive ketones (excluding diaryl/α,β-unsaturated/α-hetero) is 1. The van der Waals surface area contributed by atoms with E-state index in [1.165, 1.54) is 6.92 Å². The molecule has 1 aliphatic rings. The molecule has 21 heavy (non-hydrogen) atoms. The third kappa shape index (κ3) is 3.92. The summed E-state index contributed by atoms with van der Waals surface area (Å²) in [7, 11) is 0. The maximum atomic E-state index is 11.8. The fourth-order valence-corrected chi connectivity index (χ4v) is 2.11. The quantitative estimate of drug-likeness (QED) is 0.583. The van der Waals surface area contributed by atoms with Crippen LogP contribution in [0.15, 0.2) is 36.4 Å². The minimum atomic E-state index is -0.893. The van der Waals surface area contributed by atoms with Crippen LogP contribution < -0.4 is 10.6 Å². The highest BCUT2D eigenvalue weighted by Crippen LogP contribution is 2.18. The van der Waals surface area contributed by atoms with Crippen molar-refractivity contribution in [3.05, 3.63) is 42.0 Å². The van der Waals surface area contributed by atoms with Gasteiger partial charge in [0.05, 0.1) is 12.0 Å². The molecule has 0 bridgehead atoms. The van der Waals surface area contributed by atoms with Crippen LogP contribution >= 0.6 is 0 Å². The number of ketones is 1. The minimum absolute atomic E-state index is 0.0400. The van der Waals surface area contributed by atoms with Crippen molar-refractivity contribution in [1.29, 1.82) is 0 Å². The van der Waals surface area contributed by atoms with Gasteiger partial charge in [-0.2, -0.15) is 0 Å². The zero-order valence-electron chi connectivity index (χ0n) is 11.5. The molecule has 1 aromatic carbocycles. The zero-order valence-corrected chi connectivity index (χ0v) is 11.5. The first kappa shape index (κ1) is 14.8. The van der Waals surface area contributed by atoms with Crippen molar-refractivity contribution in [2.45, 2.75) is 19.4 Å². The van der Waals surface area contributed by atoms with Crippen molar-refractivity contribution in [2.75, 3.05) is 5.32 Å². The van der Waals surface area contributed by atoms with E-state index in [9.17, 15) is 14.4 Å². The summed E-state index contributed by atoms with van der Waals surface area (Å²) < 4.78 is 0. The molecule has 0 fully saturated rings. The fraction of sp³-hybridized carbons (Fsp3) is 0.267. The molecule has 2 atom stereocenters. The van der Waals surface area contributed by atoms with E-state index in [0.717, 1.165) is 0 Å². The number of hydrogen-bond acceptors (Lipinski definition) is 3. The molecule has 0 spiro atoms. The Morgan fingerprint density at radius 2 is 1.81 bits per heavy atom. The second-order valence-electron chi connectivity index (χ2n) is 4.90. The number of anilines is 1. The molecule has 0 heterocycles. The Bertz CT molecular complexity index is 592. The Morgan fingerprint density at radius 1 is 1.14 bits per heavy atom. The Hall–Kier alpha value is -2.63. The maximum absolute atomic E-state index is 11.8.